The molecule has 0 amide bonds. The molecule has 0 aliphatic carbocycles. The lowest BCUT2D eigenvalue weighted by molar-refractivity contribution is -0.142. The lowest BCUT2D eigenvalue weighted by Crippen LogP contribution is -2.08. The molecule has 22 heavy (non-hydrogen) atoms. The molecule has 0 saturated heterocycles. The summed E-state index contributed by atoms with van der Waals surface area (Å²) in [5.74, 6) is -0.414. The molecule has 0 fully saturated rings. The maximum Gasteiger partial charge on any atom is 0.306 e. The molecule has 4 nitrogen and oxygen atoms in total. The van der Waals surface area contributed by atoms with Crippen molar-refractivity contribution in [1.82, 2.24) is 0 Å². The Morgan fingerprint density at radius 3 is 2.59 bits per heavy atom. The van der Waals surface area contributed by atoms with Gasteiger partial charge in [0.1, 0.15) is 0 Å². The van der Waals surface area contributed by atoms with Gasteiger partial charge in [-0.15, -0.1) is 0 Å². The van der Waals surface area contributed by atoms with Crippen LogP contribution in [0.4, 0.5) is 0 Å². The monoisotopic (exact) mass is 320 g/mol. The maximum absolute atomic E-state index is 12.1. The number of carbonyl (C=O) groups excluding carboxylic acids is 1. The maximum atomic E-state index is 12.1. The standard InChI is InChI=1S/C17H21O4P/c1-2-21-17(18)10-12-22(19,20)11-9-14-7-8-15-5-3-4-6-16(15)13-14/h3-8,13H,2,9-12H2,1H3,(H,19,20). The molecule has 0 bridgehead atoms. The highest BCUT2D eigenvalue weighted by Gasteiger charge is 2.20. The van der Waals surface area contributed by atoms with E-state index in [1.807, 2.05) is 42.5 Å². The number of fused-ring (bicyclic) bond motifs is 1. The lowest BCUT2D eigenvalue weighted by atomic mass is 10.1. The average Bonchev–Trinajstić information content (AvgIpc) is 2.51. The summed E-state index contributed by atoms with van der Waals surface area (Å²) in [5, 5.41) is 2.28. The zero-order chi connectivity index (χ0) is 16.0. The molecule has 2 rings (SSSR count). The minimum Gasteiger partial charge on any atom is -0.466 e. The van der Waals surface area contributed by atoms with Gasteiger partial charge >= 0.3 is 5.97 Å². The Kier molecular flexibility index (Phi) is 5.76. The first-order valence-electron chi connectivity index (χ1n) is 7.44. The Hall–Kier alpha value is -1.64. The van der Waals surface area contributed by atoms with Gasteiger partial charge in [-0.05, 0) is 29.7 Å². The van der Waals surface area contributed by atoms with E-state index in [4.69, 9.17) is 4.74 Å². The van der Waals surface area contributed by atoms with Gasteiger partial charge in [-0.2, -0.15) is 0 Å². The number of esters is 1. The fourth-order valence-electron chi connectivity index (χ4n) is 2.31. The molecule has 0 spiro atoms. The molecule has 0 aliphatic rings. The summed E-state index contributed by atoms with van der Waals surface area (Å²) in [6, 6.07) is 14.1. The molecule has 1 N–H and O–H groups in total. The zero-order valence-electron chi connectivity index (χ0n) is 12.7. The molecular formula is C17H21O4P. The zero-order valence-corrected chi connectivity index (χ0v) is 13.6. The van der Waals surface area contributed by atoms with Gasteiger partial charge < -0.3 is 9.63 Å². The van der Waals surface area contributed by atoms with E-state index < -0.39 is 13.3 Å². The van der Waals surface area contributed by atoms with E-state index >= 15 is 0 Å². The van der Waals surface area contributed by atoms with E-state index in [0.29, 0.717) is 13.0 Å². The van der Waals surface area contributed by atoms with Gasteiger partial charge in [-0.25, -0.2) is 0 Å². The molecule has 0 radical (unpaired) electrons. The predicted octanol–water partition coefficient (Wildman–Crippen LogP) is 3.61. The second-order valence-electron chi connectivity index (χ2n) is 5.28. The summed E-state index contributed by atoms with van der Waals surface area (Å²) in [7, 11) is -3.30. The highest BCUT2D eigenvalue weighted by Crippen LogP contribution is 2.41. The van der Waals surface area contributed by atoms with E-state index in [1.54, 1.807) is 6.92 Å². The van der Waals surface area contributed by atoms with Gasteiger partial charge in [0.25, 0.3) is 0 Å². The molecule has 0 saturated carbocycles. The first-order chi connectivity index (χ1) is 10.5. The summed E-state index contributed by atoms with van der Waals surface area (Å²) in [5.41, 5.74) is 1.03. The first kappa shape index (κ1) is 16.7. The second kappa shape index (κ2) is 7.57. The van der Waals surface area contributed by atoms with Crippen molar-refractivity contribution >= 4 is 24.1 Å². The highest BCUT2D eigenvalue weighted by atomic mass is 31.2. The van der Waals surface area contributed by atoms with E-state index in [9.17, 15) is 14.3 Å². The van der Waals surface area contributed by atoms with Gasteiger partial charge in [0.2, 0.25) is 7.37 Å². The number of benzene rings is 2. The highest BCUT2D eigenvalue weighted by molar-refractivity contribution is 7.58. The van der Waals surface area contributed by atoms with Crippen molar-refractivity contribution in [3.63, 3.8) is 0 Å². The molecule has 2 aromatic carbocycles. The molecule has 1 unspecified atom stereocenters. The smallest absolute Gasteiger partial charge is 0.306 e. The number of ether oxygens (including phenoxy) is 1. The predicted molar refractivity (Wildman–Crippen MR) is 88.5 cm³/mol. The van der Waals surface area contributed by atoms with E-state index in [-0.39, 0.29) is 18.7 Å². The van der Waals surface area contributed by atoms with Gasteiger partial charge in [-0.1, -0.05) is 42.5 Å². The molecule has 0 aromatic heterocycles. The van der Waals surface area contributed by atoms with Crippen molar-refractivity contribution in [1.29, 1.82) is 0 Å². The van der Waals surface area contributed by atoms with Crippen LogP contribution in [0.25, 0.3) is 10.8 Å². The minimum absolute atomic E-state index is 0.000657. The average molecular weight is 320 g/mol. The number of hydrogen-bond donors (Lipinski definition) is 1. The van der Waals surface area contributed by atoms with Gasteiger partial charge in [0.05, 0.1) is 13.0 Å². The summed E-state index contributed by atoms with van der Waals surface area (Å²) >= 11 is 0. The van der Waals surface area contributed by atoms with Crippen molar-refractivity contribution in [3.05, 3.63) is 48.0 Å². The van der Waals surface area contributed by atoms with Gasteiger partial charge in [0.15, 0.2) is 0 Å². The number of aryl methyl sites for hydroxylation is 1. The first-order valence-corrected chi connectivity index (χ1v) is 9.47. The third-order valence-electron chi connectivity index (χ3n) is 3.53. The van der Waals surface area contributed by atoms with Gasteiger partial charge in [-0.3, -0.25) is 9.36 Å². The SMILES string of the molecule is CCOC(=O)CCP(=O)(O)CCc1ccc2ccccc2c1. The number of rotatable bonds is 7. The number of carbonyl (C=O) groups is 1. The Morgan fingerprint density at radius 1 is 1.14 bits per heavy atom. The Morgan fingerprint density at radius 2 is 1.86 bits per heavy atom. The normalized spacial score (nSPS) is 13.7. The molecular weight excluding hydrogens is 299 g/mol. The van der Waals surface area contributed by atoms with Crippen LogP contribution in [0.15, 0.2) is 42.5 Å². The quantitative estimate of drug-likeness (QED) is 0.625. The molecule has 0 heterocycles. The van der Waals surface area contributed by atoms with Crippen LogP contribution in [-0.2, 0) is 20.5 Å². The van der Waals surface area contributed by atoms with Crippen molar-refractivity contribution in [2.45, 2.75) is 19.8 Å². The lowest BCUT2D eigenvalue weighted by Gasteiger charge is -2.11. The van der Waals surface area contributed by atoms with Crippen molar-refractivity contribution < 1.29 is 19.0 Å². The van der Waals surface area contributed by atoms with Crippen LogP contribution in [0.2, 0.25) is 0 Å². The molecule has 5 heteroatoms. The second-order valence-corrected chi connectivity index (χ2v) is 7.87. The Bertz CT molecular complexity index is 696. The van der Waals surface area contributed by atoms with Crippen LogP contribution in [0.5, 0.6) is 0 Å². The third kappa shape index (κ3) is 4.97. The van der Waals surface area contributed by atoms with Crippen LogP contribution in [-0.4, -0.2) is 29.8 Å². The molecule has 118 valence electrons. The fourth-order valence-corrected chi connectivity index (χ4v) is 3.67. The third-order valence-corrected chi connectivity index (χ3v) is 5.38. The largest absolute Gasteiger partial charge is 0.466 e. The molecule has 1 atom stereocenters. The van der Waals surface area contributed by atoms with Crippen LogP contribution >= 0.6 is 7.37 Å². The van der Waals surface area contributed by atoms with Crippen LogP contribution in [0.3, 0.4) is 0 Å². The minimum atomic E-state index is -3.30. The van der Waals surface area contributed by atoms with E-state index in [1.165, 1.54) is 0 Å². The fraction of sp³-hybridized carbons (Fsp3) is 0.353. The molecule has 2 aromatic rings. The summed E-state index contributed by atoms with van der Waals surface area (Å²) in [6.45, 7) is 2.02. The van der Waals surface area contributed by atoms with E-state index in [0.717, 1.165) is 16.3 Å². The Labute approximate surface area is 130 Å². The van der Waals surface area contributed by atoms with Crippen LogP contribution in [0.1, 0.15) is 18.9 Å². The van der Waals surface area contributed by atoms with Crippen molar-refractivity contribution in [2.24, 2.45) is 0 Å². The van der Waals surface area contributed by atoms with Crippen molar-refractivity contribution in [3.8, 4) is 0 Å². The number of hydrogen-bond acceptors (Lipinski definition) is 3. The summed E-state index contributed by atoms with van der Waals surface area (Å²) < 4.78 is 16.9. The summed E-state index contributed by atoms with van der Waals surface area (Å²) in [6.07, 6.45) is 0.699. The summed E-state index contributed by atoms with van der Waals surface area (Å²) in [4.78, 5) is 21.2. The molecule has 0 aliphatic heterocycles. The van der Waals surface area contributed by atoms with Crippen LogP contribution < -0.4 is 0 Å². The van der Waals surface area contributed by atoms with Gasteiger partial charge in [0, 0.05) is 12.3 Å². The van der Waals surface area contributed by atoms with Crippen molar-refractivity contribution in [2.75, 3.05) is 18.9 Å². The topological polar surface area (TPSA) is 63.6 Å². The van der Waals surface area contributed by atoms with Crippen LogP contribution in [0, 0.1) is 0 Å². The van der Waals surface area contributed by atoms with E-state index in [2.05, 4.69) is 0 Å². The Balaban J connectivity index is 1.92.